The van der Waals surface area contributed by atoms with Gasteiger partial charge in [0, 0.05) is 36.5 Å². The van der Waals surface area contributed by atoms with Crippen LogP contribution < -0.4 is 5.32 Å². The second kappa shape index (κ2) is 6.62. The van der Waals surface area contributed by atoms with Crippen molar-refractivity contribution in [2.45, 2.75) is 70.3 Å². The molecule has 1 aliphatic carbocycles. The fourth-order valence-corrected chi connectivity index (χ4v) is 4.79. The Bertz CT molecular complexity index is 257. The van der Waals surface area contributed by atoms with E-state index < -0.39 is 0 Å². The van der Waals surface area contributed by atoms with E-state index in [4.69, 9.17) is 0 Å². The normalized spacial score (nSPS) is 38.5. The van der Waals surface area contributed by atoms with E-state index in [2.05, 4.69) is 49.7 Å². The van der Waals surface area contributed by atoms with Crippen LogP contribution in [-0.2, 0) is 0 Å². The van der Waals surface area contributed by atoms with Crippen molar-refractivity contribution < 1.29 is 0 Å². The molecular formula is C15H30N2S. The molecule has 18 heavy (non-hydrogen) atoms. The molecule has 1 aliphatic heterocycles. The Balaban J connectivity index is 2.00. The molecule has 1 saturated carbocycles. The fraction of sp³-hybridized carbons (Fsp3) is 1.00. The third-order valence-corrected chi connectivity index (χ3v) is 5.99. The van der Waals surface area contributed by atoms with Gasteiger partial charge in [-0.1, -0.05) is 27.2 Å². The highest BCUT2D eigenvalue weighted by atomic mass is 32.2. The van der Waals surface area contributed by atoms with E-state index in [0.29, 0.717) is 12.1 Å². The summed E-state index contributed by atoms with van der Waals surface area (Å²) in [5.41, 5.74) is 0. The van der Waals surface area contributed by atoms with Crippen LogP contribution in [0.4, 0.5) is 0 Å². The van der Waals surface area contributed by atoms with Crippen molar-refractivity contribution in [3.63, 3.8) is 0 Å². The van der Waals surface area contributed by atoms with Gasteiger partial charge in [-0.15, -0.1) is 0 Å². The van der Waals surface area contributed by atoms with E-state index in [1.165, 1.54) is 38.1 Å². The molecule has 2 rings (SSSR count). The lowest BCUT2D eigenvalue weighted by atomic mass is 9.98. The fourth-order valence-electron chi connectivity index (χ4n) is 3.51. The lowest BCUT2D eigenvalue weighted by Crippen LogP contribution is -2.60. The van der Waals surface area contributed by atoms with E-state index in [1.807, 2.05) is 0 Å². The highest BCUT2D eigenvalue weighted by molar-refractivity contribution is 7.99. The van der Waals surface area contributed by atoms with Gasteiger partial charge in [-0.3, -0.25) is 4.90 Å². The Morgan fingerprint density at radius 2 is 2.11 bits per heavy atom. The molecule has 0 aromatic carbocycles. The predicted octanol–water partition coefficient (Wildman–Crippen LogP) is 2.98. The summed E-state index contributed by atoms with van der Waals surface area (Å²) in [6.07, 6.45) is 4.30. The topological polar surface area (TPSA) is 15.3 Å². The zero-order chi connectivity index (χ0) is 13.1. The van der Waals surface area contributed by atoms with Gasteiger partial charge >= 0.3 is 0 Å². The molecule has 0 aromatic heterocycles. The SMILES string of the molecule is CCSC1CCCC1N1CC(C(C)C)NCC1C. The number of rotatable bonds is 4. The molecule has 1 saturated heterocycles. The molecule has 0 radical (unpaired) electrons. The molecule has 1 heterocycles. The van der Waals surface area contributed by atoms with E-state index in [0.717, 1.165) is 17.2 Å². The van der Waals surface area contributed by atoms with E-state index in [-0.39, 0.29) is 0 Å². The van der Waals surface area contributed by atoms with Gasteiger partial charge in [0.25, 0.3) is 0 Å². The molecule has 0 bridgehead atoms. The number of piperazine rings is 1. The van der Waals surface area contributed by atoms with Crippen molar-refractivity contribution in [2.24, 2.45) is 5.92 Å². The molecule has 1 N–H and O–H groups in total. The molecule has 4 atom stereocenters. The maximum atomic E-state index is 3.72. The largest absolute Gasteiger partial charge is 0.311 e. The molecule has 0 amide bonds. The first-order chi connectivity index (χ1) is 8.63. The molecule has 3 heteroatoms. The van der Waals surface area contributed by atoms with Crippen LogP contribution in [-0.4, -0.2) is 47.1 Å². The number of nitrogens with one attached hydrogen (secondary N) is 1. The van der Waals surface area contributed by atoms with Gasteiger partial charge in [0.05, 0.1) is 0 Å². The van der Waals surface area contributed by atoms with Gasteiger partial charge in [-0.05, 0) is 31.4 Å². The maximum absolute atomic E-state index is 3.72. The minimum Gasteiger partial charge on any atom is -0.311 e. The molecule has 2 fully saturated rings. The van der Waals surface area contributed by atoms with E-state index >= 15 is 0 Å². The van der Waals surface area contributed by atoms with Crippen molar-refractivity contribution in [3.8, 4) is 0 Å². The van der Waals surface area contributed by atoms with Crippen LogP contribution in [0.25, 0.3) is 0 Å². The van der Waals surface area contributed by atoms with E-state index in [9.17, 15) is 0 Å². The Kier molecular flexibility index (Phi) is 5.40. The van der Waals surface area contributed by atoms with Crippen LogP contribution in [0.15, 0.2) is 0 Å². The smallest absolute Gasteiger partial charge is 0.0218 e. The first-order valence-electron chi connectivity index (χ1n) is 7.74. The number of thioether (sulfide) groups is 1. The Labute approximate surface area is 117 Å². The molecule has 0 spiro atoms. The van der Waals surface area contributed by atoms with Crippen molar-refractivity contribution in [1.29, 1.82) is 0 Å². The van der Waals surface area contributed by atoms with Gasteiger partial charge in [0.15, 0.2) is 0 Å². The summed E-state index contributed by atoms with van der Waals surface area (Å²) in [6, 6.07) is 2.24. The lowest BCUT2D eigenvalue weighted by molar-refractivity contribution is 0.0824. The van der Waals surface area contributed by atoms with Crippen LogP contribution in [0.1, 0.15) is 47.0 Å². The van der Waals surface area contributed by atoms with E-state index in [1.54, 1.807) is 0 Å². The summed E-state index contributed by atoms with van der Waals surface area (Å²) in [7, 11) is 0. The highest BCUT2D eigenvalue weighted by Crippen LogP contribution is 2.35. The van der Waals surface area contributed by atoms with Crippen LogP contribution in [0.2, 0.25) is 0 Å². The average molecular weight is 270 g/mol. The minimum absolute atomic E-state index is 0.689. The quantitative estimate of drug-likeness (QED) is 0.845. The second-order valence-electron chi connectivity index (χ2n) is 6.30. The van der Waals surface area contributed by atoms with Gasteiger partial charge in [0.1, 0.15) is 0 Å². The van der Waals surface area contributed by atoms with Crippen molar-refractivity contribution in [3.05, 3.63) is 0 Å². The summed E-state index contributed by atoms with van der Waals surface area (Å²) in [5.74, 6) is 2.02. The highest BCUT2D eigenvalue weighted by Gasteiger charge is 2.37. The molecule has 2 aliphatic rings. The van der Waals surface area contributed by atoms with Crippen molar-refractivity contribution in [2.75, 3.05) is 18.8 Å². The lowest BCUT2D eigenvalue weighted by Gasteiger charge is -2.45. The minimum atomic E-state index is 0.689. The molecule has 4 unspecified atom stereocenters. The first-order valence-corrected chi connectivity index (χ1v) is 8.79. The molecule has 0 aromatic rings. The molecule has 2 nitrogen and oxygen atoms in total. The monoisotopic (exact) mass is 270 g/mol. The summed E-state index contributed by atoms with van der Waals surface area (Å²) < 4.78 is 0. The Morgan fingerprint density at radius 3 is 2.78 bits per heavy atom. The van der Waals surface area contributed by atoms with Crippen molar-refractivity contribution in [1.82, 2.24) is 10.2 Å². The summed E-state index contributed by atoms with van der Waals surface area (Å²) in [5, 5.41) is 4.61. The Morgan fingerprint density at radius 1 is 1.33 bits per heavy atom. The summed E-state index contributed by atoms with van der Waals surface area (Å²) in [4.78, 5) is 2.82. The predicted molar refractivity (Wildman–Crippen MR) is 82.4 cm³/mol. The zero-order valence-corrected chi connectivity index (χ0v) is 13.3. The van der Waals surface area contributed by atoms with Crippen molar-refractivity contribution >= 4 is 11.8 Å². The number of hydrogen-bond donors (Lipinski definition) is 1. The average Bonchev–Trinajstić information content (AvgIpc) is 2.78. The third kappa shape index (κ3) is 3.23. The van der Waals surface area contributed by atoms with Gasteiger partial charge in [0.2, 0.25) is 0 Å². The second-order valence-corrected chi connectivity index (χ2v) is 7.81. The van der Waals surface area contributed by atoms with Gasteiger partial charge < -0.3 is 5.32 Å². The van der Waals surface area contributed by atoms with Gasteiger partial charge in [-0.2, -0.15) is 11.8 Å². The number of nitrogens with zero attached hydrogens (tertiary/aromatic N) is 1. The number of hydrogen-bond acceptors (Lipinski definition) is 3. The van der Waals surface area contributed by atoms with Gasteiger partial charge in [-0.25, -0.2) is 0 Å². The maximum Gasteiger partial charge on any atom is 0.0218 e. The molecule has 106 valence electrons. The first kappa shape index (κ1) is 14.7. The van der Waals surface area contributed by atoms with Crippen LogP contribution in [0.3, 0.4) is 0 Å². The third-order valence-electron chi connectivity index (χ3n) is 4.68. The van der Waals surface area contributed by atoms with Crippen LogP contribution in [0.5, 0.6) is 0 Å². The summed E-state index contributed by atoms with van der Waals surface area (Å²) in [6.45, 7) is 11.8. The molecular weight excluding hydrogens is 240 g/mol. The summed E-state index contributed by atoms with van der Waals surface area (Å²) >= 11 is 2.19. The zero-order valence-electron chi connectivity index (χ0n) is 12.5. The standard InChI is InChI=1S/C15H30N2S/c1-5-18-15-8-6-7-14(15)17-10-13(11(2)3)16-9-12(17)4/h11-16H,5-10H2,1-4H3. The van der Waals surface area contributed by atoms with Crippen LogP contribution >= 0.6 is 11.8 Å². The Hall–Kier alpha value is 0.270. The van der Waals surface area contributed by atoms with Crippen LogP contribution in [0, 0.1) is 5.92 Å².